The highest BCUT2D eigenvalue weighted by Gasteiger charge is 2.19. The minimum atomic E-state index is -1.38. The Morgan fingerprint density at radius 2 is 2.21 bits per heavy atom. The molecule has 1 unspecified atom stereocenters. The number of nitrogens with two attached hydrogens (primary N) is 1. The van der Waals surface area contributed by atoms with Crippen LogP contribution in [-0.4, -0.2) is 46.9 Å². The maximum Gasteiger partial charge on any atom is 0.322 e. The van der Waals surface area contributed by atoms with Gasteiger partial charge in [-0.1, -0.05) is 0 Å². The average molecular weight is 223 g/mol. The van der Waals surface area contributed by atoms with E-state index in [-0.39, 0.29) is 5.75 Å². The molecule has 0 spiro atoms. The molecule has 0 aromatic rings. The zero-order chi connectivity index (χ0) is 11.1. The summed E-state index contributed by atoms with van der Waals surface area (Å²) in [5.74, 6) is -1.83. The number of carbonyl (C=O) groups excluding carboxylic acids is 1. The van der Waals surface area contributed by atoms with Gasteiger partial charge in [0.25, 0.3) is 0 Å². The minimum absolute atomic E-state index is 0.0536. The first kappa shape index (κ1) is 13.2. The number of carboxylic acid groups (broad SMARTS) is 1. The smallest absolute Gasteiger partial charge is 0.322 e. The summed E-state index contributed by atoms with van der Waals surface area (Å²) in [7, 11) is 1.47. The Kier molecular flexibility index (Phi) is 6.21. The third kappa shape index (κ3) is 5.75. The highest BCUT2D eigenvalue weighted by molar-refractivity contribution is 7.89. The molecule has 14 heavy (non-hydrogen) atoms. The van der Waals surface area contributed by atoms with Crippen LogP contribution in [0.15, 0.2) is 0 Å². The van der Waals surface area contributed by atoms with Crippen molar-refractivity contribution >= 4 is 23.2 Å². The van der Waals surface area contributed by atoms with E-state index in [1.807, 2.05) is 0 Å². The Morgan fingerprint density at radius 1 is 1.64 bits per heavy atom. The molecule has 0 rings (SSSR count). The Morgan fingerprint density at radius 3 is 2.64 bits per heavy atom. The highest BCUT2D eigenvalue weighted by atomic mass is 32.2. The summed E-state index contributed by atoms with van der Waals surface area (Å²) in [5, 5.41) is 10.3. The van der Waals surface area contributed by atoms with Gasteiger partial charge in [-0.15, -0.1) is 4.72 Å². The predicted octanol–water partition coefficient (Wildman–Crippen LogP) is -2.60. The van der Waals surface area contributed by atoms with Gasteiger partial charge in [0.05, 0.1) is 0 Å². The van der Waals surface area contributed by atoms with E-state index in [4.69, 9.17) is 10.8 Å². The monoisotopic (exact) mass is 223 g/mol. The van der Waals surface area contributed by atoms with Crippen LogP contribution in [0.3, 0.4) is 0 Å². The Labute approximate surface area is 84.4 Å². The largest absolute Gasteiger partial charge is 0.598 e. The lowest BCUT2D eigenvalue weighted by molar-refractivity contribution is -0.138. The fourth-order valence-electron chi connectivity index (χ4n) is 0.616. The maximum atomic E-state index is 11.0. The van der Waals surface area contributed by atoms with Crippen molar-refractivity contribution in [3.8, 4) is 0 Å². The van der Waals surface area contributed by atoms with Crippen molar-refractivity contribution in [3.63, 3.8) is 0 Å². The number of hydrogen-bond acceptors (Lipinski definition) is 5. The molecule has 0 fully saturated rings. The van der Waals surface area contributed by atoms with E-state index >= 15 is 0 Å². The van der Waals surface area contributed by atoms with Crippen molar-refractivity contribution in [3.05, 3.63) is 0 Å². The molecule has 0 radical (unpaired) electrons. The van der Waals surface area contributed by atoms with Crippen LogP contribution in [0.5, 0.6) is 0 Å². The maximum absolute atomic E-state index is 11.0. The number of amides is 1. The molecule has 0 bridgehead atoms. The number of aliphatic carboxylic acids is 1. The van der Waals surface area contributed by atoms with E-state index in [0.717, 1.165) is 0 Å². The predicted molar refractivity (Wildman–Crippen MR) is 50.7 cm³/mol. The van der Waals surface area contributed by atoms with Crippen LogP contribution in [0.4, 0.5) is 0 Å². The molecule has 82 valence electrons. The van der Waals surface area contributed by atoms with Crippen LogP contribution in [0.1, 0.15) is 0 Å². The van der Waals surface area contributed by atoms with Crippen LogP contribution in [-0.2, 0) is 21.0 Å². The van der Waals surface area contributed by atoms with Gasteiger partial charge in [-0.3, -0.25) is 9.59 Å². The van der Waals surface area contributed by atoms with E-state index in [2.05, 4.69) is 10.0 Å². The van der Waals surface area contributed by atoms with E-state index in [9.17, 15) is 14.1 Å². The molecule has 0 aliphatic carbocycles. The molecule has 5 N–H and O–H groups in total. The van der Waals surface area contributed by atoms with Gasteiger partial charge in [-0.2, -0.15) is 0 Å². The third-order valence-corrected chi connectivity index (χ3v) is 2.43. The van der Waals surface area contributed by atoms with Gasteiger partial charge in [-0.05, 0) is 0 Å². The van der Waals surface area contributed by atoms with Gasteiger partial charge in [0, 0.05) is 18.4 Å². The van der Waals surface area contributed by atoms with Crippen molar-refractivity contribution in [2.75, 3.05) is 19.3 Å². The minimum Gasteiger partial charge on any atom is -0.598 e. The van der Waals surface area contributed by atoms with Crippen LogP contribution < -0.4 is 15.8 Å². The van der Waals surface area contributed by atoms with Crippen LogP contribution in [0, 0.1) is 0 Å². The molecule has 0 saturated carbocycles. The molecule has 8 heteroatoms. The van der Waals surface area contributed by atoms with Crippen LogP contribution in [0.2, 0.25) is 0 Å². The van der Waals surface area contributed by atoms with E-state index in [1.54, 1.807) is 0 Å². The van der Waals surface area contributed by atoms with Gasteiger partial charge in [0.15, 0.2) is 0 Å². The van der Waals surface area contributed by atoms with Crippen LogP contribution >= 0.6 is 0 Å². The molecular weight excluding hydrogens is 210 g/mol. The first-order valence-electron chi connectivity index (χ1n) is 3.78. The van der Waals surface area contributed by atoms with E-state index < -0.39 is 35.8 Å². The number of nitrogens with one attached hydrogen (secondary N) is 2. The summed E-state index contributed by atoms with van der Waals surface area (Å²) in [6.45, 7) is -0.487. The van der Waals surface area contributed by atoms with E-state index in [0.29, 0.717) is 0 Å². The normalized spacial score (nSPS) is 14.5. The lowest BCUT2D eigenvalue weighted by atomic mass is 10.3. The standard InChI is InChI=1S/C6H13N3O4S/c1-8-14(13)3-4(7)6(12)9-2-5(10)11/h4,8H,2-3,7H2,1H3,(H,9,12)(H,10,11)/t4-,14?/m0/s1. The van der Waals surface area contributed by atoms with Crippen LogP contribution in [0.25, 0.3) is 0 Å². The van der Waals surface area contributed by atoms with Crippen molar-refractivity contribution in [2.45, 2.75) is 6.04 Å². The molecule has 1 amide bonds. The summed E-state index contributed by atoms with van der Waals surface area (Å²) in [4.78, 5) is 21.1. The first-order chi connectivity index (χ1) is 6.47. The number of rotatable bonds is 6. The zero-order valence-corrected chi connectivity index (χ0v) is 8.47. The summed E-state index contributed by atoms with van der Waals surface area (Å²) in [6, 6.07) is -0.970. The van der Waals surface area contributed by atoms with Crippen molar-refractivity contribution in [1.82, 2.24) is 10.0 Å². The molecule has 0 aromatic heterocycles. The number of carbonyl (C=O) groups is 2. The molecule has 0 heterocycles. The zero-order valence-electron chi connectivity index (χ0n) is 7.65. The molecule has 0 saturated heterocycles. The average Bonchev–Trinajstić information content (AvgIpc) is 2.13. The fraction of sp³-hybridized carbons (Fsp3) is 0.667. The third-order valence-electron chi connectivity index (χ3n) is 1.31. The molecule has 2 atom stereocenters. The van der Waals surface area contributed by atoms with Crippen molar-refractivity contribution < 1.29 is 19.2 Å². The Balaban J connectivity index is 3.81. The number of hydrogen-bond donors (Lipinski definition) is 4. The number of carboxylic acids is 1. The van der Waals surface area contributed by atoms with Crippen molar-refractivity contribution in [1.29, 1.82) is 0 Å². The van der Waals surface area contributed by atoms with Gasteiger partial charge in [0.2, 0.25) is 5.91 Å². The SMILES string of the molecule is CN[S+]([O-])C[C@H](N)C(=O)NCC(=O)O. The quantitative estimate of drug-likeness (QED) is 0.365. The van der Waals surface area contributed by atoms with Gasteiger partial charge >= 0.3 is 5.97 Å². The molecule has 0 aliphatic heterocycles. The Hall–Kier alpha value is -0.830. The molecule has 0 aromatic carbocycles. The second-order valence-electron chi connectivity index (χ2n) is 2.43. The lowest BCUT2D eigenvalue weighted by Gasteiger charge is -2.13. The molecule has 7 nitrogen and oxygen atoms in total. The van der Waals surface area contributed by atoms with E-state index in [1.165, 1.54) is 7.05 Å². The second kappa shape index (κ2) is 6.60. The second-order valence-corrected chi connectivity index (χ2v) is 3.87. The first-order valence-corrected chi connectivity index (χ1v) is 5.10. The van der Waals surface area contributed by atoms with Gasteiger partial charge in [-0.25, -0.2) is 0 Å². The summed E-state index contributed by atoms with van der Waals surface area (Å²) in [6.07, 6.45) is 0. The fourth-order valence-corrected chi connectivity index (χ4v) is 1.26. The Bertz CT molecular complexity index is 213. The summed E-state index contributed by atoms with van der Waals surface area (Å²) >= 11 is -1.38. The molecular formula is C6H13N3O4S. The van der Waals surface area contributed by atoms with Gasteiger partial charge in [0.1, 0.15) is 18.3 Å². The summed E-state index contributed by atoms with van der Waals surface area (Å²) in [5.41, 5.74) is 5.34. The lowest BCUT2D eigenvalue weighted by Crippen LogP contribution is -2.47. The molecule has 0 aliphatic rings. The summed E-state index contributed by atoms with van der Waals surface area (Å²) < 4.78 is 13.3. The highest BCUT2D eigenvalue weighted by Crippen LogP contribution is 1.88. The van der Waals surface area contributed by atoms with Crippen molar-refractivity contribution in [2.24, 2.45) is 5.73 Å². The topological polar surface area (TPSA) is 128 Å². The van der Waals surface area contributed by atoms with Gasteiger partial charge < -0.3 is 20.7 Å².